The third-order valence-electron chi connectivity index (χ3n) is 3.08. The van der Waals surface area contributed by atoms with E-state index in [0.29, 0.717) is 24.4 Å². The van der Waals surface area contributed by atoms with Crippen LogP contribution in [0.3, 0.4) is 0 Å². The second kappa shape index (κ2) is 5.48. The number of hydrogen-bond donors (Lipinski definition) is 0. The van der Waals surface area contributed by atoms with Crippen molar-refractivity contribution in [2.24, 2.45) is 0 Å². The summed E-state index contributed by atoms with van der Waals surface area (Å²) < 4.78 is 30.8. The molecule has 2 rings (SSSR count). The van der Waals surface area contributed by atoms with E-state index in [4.69, 9.17) is 11.6 Å². The Labute approximate surface area is 117 Å². The molecule has 1 aliphatic rings. The van der Waals surface area contributed by atoms with Gasteiger partial charge < -0.3 is 4.74 Å². The van der Waals surface area contributed by atoms with Crippen LogP contribution < -0.4 is 0 Å². The minimum Gasteiger partial charge on any atom is -0.468 e. The average molecular weight is 304 g/mol. The van der Waals surface area contributed by atoms with Crippen LogP contribution in [0.2, 0.25) is 5.02 Å². The SMILES string of the molecule is COC(=O)C1CCCN1S(=O)(=O)c1cccc(Cl)c1. The van der Waals surface area contributed by atoms with Crippen molar-refractivity contribution in [3.05, 3.63) is 29.3 Å². The van der Waals surface area contributed by atoms with Crippen LogP contribution in [0.1, 0.15) is 12.8 Å². The molecule has 1 aliphatic heterocycles. The van der Waals surface area contributed by atoms with E-state index >= 15 is 0 Å². The van der Waals surface area contributed by atoms with Gasteiger partial charge in [-0.2, -0.15) is 4.31 Å². The Morgan fingerprint density at radius 3 is 2.84 bits per heavy atom. The normalized spacial score (nSPS) is 20.4. The number of sulfonamides is 1. The summed E-state index contributed by atoms with van der Waals surface area (Å²) in [4.78, 5) is 11.7. The van der Waals surface area contributed by atoms with Gasteiger partial charge in [-0.1, -0.05) is 17.7 Å². The summed E-state index contributed by atoms with van der Waals surface area (Å²) in [6.07, 6.45) is 1.12. The van der Waals surface area contributed by atoms with Crippen molar-refractivity contribution in [3.8, 4) is 0 Å². The van der Waals surface area contributed by atoms with Crippen molar-refractivity contribution in [2.75, 3.05) is 13.7 Å². The summed E-state index contributed by atoms with van der Waals surface area (Å²) in [5, 5.41) is 0.342. The Bertz CT molecular complexity index is 587. The first-order chi connectivity index (χ1) is 8.96. The lowest BCUT2D eigenvalue weighted by Gasteiger charge is -2.22. The van der Waals surface area contributed by atoms with Crippen molar-refractivity contribution >= 4 is 27.6 Å². The zero-order valence-corrected chi connectivity index (χ0v) is 11.9. The maximum Gasteiger partial charge on any atom is 0.324 e. The van der Waals surface area contributed by atoms with Gasteiger partial charge in [0.05, 0.1) is 12.0 Å². The van der Waals surface area contributed by atoms with Crippen molar-refractivity contribution in [1.82, 2.24) is 4.31 Å². The minimum absolute atomic E-state index is 0.0933. The summed E-state index contributed by atoms with van der Waals surface area (Å²) in [6, 6.07) is 5.27. The number of hydrogen-bond acceptors (Lipinski definition) is 4. The molecule has 0 bridgehead atoms. The lowest BCUT2D eigenvalue weighted by Crippen LogP contribution is -2.41. The van der Waals surface area contributed by atoms with E-state index in [9.17, 15) is 13.2 Å². The van der Waals surface area contributed by atoms with Gasteiger partial charge in [0, 0.05) is 11.6 Å². The molecule has 1 heterocycles. The number of nitrogens with zero attached hydrogens (tertiary/aromatic N) is 1. The van der Waals surface area contributed by atoms with Gasteiger partial charge in [0.1, 0.15) is 6.04 Å². The highest BCUT2D eigenvalue weighted by Gasteiger charge is 2.40. The van der Waals surface area contributed by atoms with Crippen molar-refractivity contribution in [2.45, 2.75) is 23.8 Å². The van der Waals surface area contributed by atoms with Gasteiger partial charge in [-0.25, -0.2) is 8.42 Å². The molecule has 0 amide bonds. The van der Waals surface area contributed by atoms with Crippen LogP contribution in [0.15, 0.2) is 29.2 Å². The van der Waals surface area contributed by atoms with Gasteiger partial charge >= 0.3 is 5.97 Å². The highest BCUT2D eigenvalue weighted by atomic mass is 35.5. The molecule has 1 unspecified atom stereocenters. The predicted octanol–water partition coefficient (Wildman–Crippen LogP) is 1.67. The van der Waals surface area contributed by atoms with E-state index in [1.165, 1.54) is 23.5 Å². The first-order valence-corrected chi connectivity index (χ1v) is 7.64. The number of halogens is 1. The Kier molecular flexibility index (Phi) is 4.13. The van der Waals surface area contributed by atoms with Gasteiger partial charge in [0.2, 0.25) is 10.0 Å². The van der Waals surface area contributed by atoms with Gasteiger partial charge in [0.25, 0.3) is 0 Å². The van der Waals surface area contributed by atoms with Gasteiger partial charge in [-0.3, -0.25) is 4.79 Å². The number of rotatable bonds is 3. The summed E-state index contributed by atoms with van der Waals surface area (Å²) in [7, 11) is -2.46. The fourth-order valence-electron chi connectivity index (χ4n) is 2.16. The first-order valence-electron chi connectivity index (χ1n) is 5.82. The molecule has 5 nitrogen and oxygen atoms in total. The molecule has 1 saturated heterocycles. The molecule has 7 heteroatoms. The third kappa shape index (κ3) is 2.75. The quantitative estimate of drug-likeness (QED) is 0.797. The molecular weight excluding hydrogens is 290 g/mol. The largest absolute Gasteiger partial charge is 0.468 e. The molecule has 1 atom stereocenters. The Morgan fingerprint density at radius 2 is 2.21 bits per heavy atom. The maximum absolute atomic E-state index is 12.5. The lowest BCUT2D eigenvalue weighted by molar-refractivity contribution is -0.144. The summed E-state index contributed by atoms with van der Waals surface area (Å²) in [5.41, 5.74) is 0. The third-order valence-corrected chi connectivity index (χ3v) is 5.22. The molecule has 1 aromatic carbocycles. The second-order valence-electron chi connectivity index (χ2n) is 4.25. The molecule has 0 aromatic heterocycles. The molecular formula is C12H14ClNO4S. The van der Waals surface area contributed by atoms with Gasteiger partial charge in [-0.15, -0.1) is 0 Å². The Hall–Kier alpha value is -1.11. The fraction of sp³-hybridized carbons (Fsp3) is 0.417. The minimum atomic E-state index is -3.72. The van der Waals surface area contributed by atoms with Crippen molar-refractivity contribution in [3.63, 3.8) is 0 Å². The van der Waals surface area contributed by atoms with Crippen LogP contribution in [0, 0.1) is 0 Å². The predicted molar refractivity (Wildman–Crippen MR) is 70.4 cm³/mol. The van der Waals surface area contributed by atoms with E-state index in [1.807, 2.05) is 0 Å². The monoisotopic (exact) mass is 303 g/mol. The van der Waals surface area contributed by atoms with E-state index in [-0.39, 0.29) is 4.90 Å². The van der Waals surface area contributed by atoms with Crippen LogP contribution in [0.25, 0.3) is 0 Å². The highest BCUT2D eigenvalue weighted by Crippen LogP contribution is 2.27. The smallest absolute Gasteiger partial charge is 0.324 e. The number of carbonyl (C=O) groups is 1. The van der Waals surface area contributed by atoms with Crippen molar-refractivity contribution in [1.29, 1.82) is 0 Å². The van der Waals surface area contributed by atoms with Gasteiger partial charge in [-0.05, 0) is 31.0 Å². The molecule has 0 radical (unpaired) electrons. The average Bonchev–Trinajstić information content (AvgIpc) is 2.87. The number of esters is 1. The summed E-state index contributed by atoms with van der Waals surface area (Å²) in [5.74, 6) is -0.525. The maximum atomic E-state index is 12.5. The Balaban J connectivity index is 2.36. The molecule has 0 aliphatic carbocycles. The summed E-state index contributed by atoms with van der Waals surface area (Å²) >= 11 is 5.81. The first kappa shape index (κ1) is 14.3. The number of benzene rings is 1. The summed E-state index contributed by atoms with van der Waals surface area (Å²) in [6.45, 7) is 0.314. The Morgan fingerprint density at radius 1 is 1.47 bits per heavy atom. The molecule has 0 N–H and O–H groups in total. The standard InChI is InChI=1S/C12H14ClNO4S/c1-18-12(15)11-6-3-7-14(11)19(16,17)10-5-2-4-9(13)8-10/h2,4-5,8,11H,3,6-7H2,1H3. The topological polar surface area (TPSA) is 63.7 Å². The zero-order valence-electron chi connectivity index (χ0n) is 10.4. The van der Waals surface area contributed by atoms with Crippen LogP contribution >= 0.6 is 11.6 Å². The number of methoxy groups -OCH3 is 1. The molecule has 1 aromatic rings. The molecule has 19 heavy (non-hydrogen) atoms. The van der Waals surface area contributed by atoms with Crippen LogP contribution in [0.4, 0.5) is 0 Å². The lowest BCUT2D eigenvalue weighted by atomic mass is 10.2. The zero-order chi connectivity index (χ0) is 14.0. The van der Waals surface area contributed by atoms with E-state index < -0.39 is 22.0 Å². The fourth-order valence-corrected chi connectivity index (χ4v) is 4.11. The highest BCUT2D eigenvalue weighted by molar-refractivity contribution is 7.89. The van der Waals surface area contributed by atoms with Crippen LogP contribution in [0.5, 0.6) is 0 Å². The second-order valence-corrected chi connectivity index (χ2v) is 6.58. The molecule has 104 valence electrons. The van der Waals surface area contributed by atoms with Gasteiger partial charge in [0.15, 0.2) is 0 Å². The van der Waals surface area contributed by atoms with Crippen molar-refractivity contribution < 1.29 is 17.9 Å². The number of carbonyl (C=O) groups excluding carboxylic acids is 1. The van der Waals surface area contributed by atoms with E-state index in [2.05, 4.69) is 4.74 Å². The number of ether oxygens (including phenoxy) is 1. The molecule has 0 saturated carbocycles. The molecule has 0 spiro atoms. The van der Waals surface area contributed by atoms with Crippen LogP contribution in [-0.2, 0) is 19.6 Å². The van der Waals surface area contributed by atoms with E-state index in [0.717, 1.165) is 0 Å². The van der Waals surface area contributed by atoms with Crippen LogP contribution in [-0.4, -0.2) is 38.4 Å². The van der Waals surface area contributed by atoms with E-state index in [1.54, 1.807) is 12.1 Å². The molecule has 1 fully saturated rings.